The normalized spacial score (nSPS) is 9.76. The lowest BCUT2D eigenvalue weighted by molar-refractivity contribution is 0.0952. The van der Waals surface area contributed by atoms with Crippen molar-refractivity contribution in [3.8, 4) is 0 Å². The molecule has 0 aliphatic heterocycles. The smallest absolute Gasteiger partial charge is 0.270 e. The average Bonchev–Trinajstić information content (AvgIpc) is 2.32. The molecule has 1 aromatic rings. The Kier molecular flexibility index (Phi) is 5.13. The average molecular weight is 234 g/mol. The molecule has 0 aliphatic carbocycles. The highest BCUT2D eigenvalue weighted by atomic mass is 16.1. The lowest BCUT2D eigenvalue weighted by Crippen LogP contribution is -2.25. The van der Waals surface area contributed by atoms with Gasteiger partial charge in [-0.3, -0.25) is 4.79 Å². The summed E-state index contributed by atoms with van der Waals surface area (Å²) in [5, 5.41) is 5.82. The number of anilines is 1. The minimum absolute atomic E-state index is 0.213. The van der Waals surface area contributed by atoms with Gasteiger partial charge in [-0.2, -0.15) is 0 Å². The lowest BCUT2D eigenvalue weighted by atomic mass is 10.3. The largest absolute Gasteiger partial charge is 0.370 e. The van der Waals surface area contributed by atoms with Crippen molar-refractivity contribution < 1.29 is 4.79 Å². The summed E-state index contributed by atoms with van der Waals surface area (Å²) >= 11 is 0. The zero-order valence-electron chi connectivity index (χ0n) is 10.3. The second-order valence-electron chi connectivity index (χ2n) is 3.61. The fourth-order valence-electron chi connectivity index (χ4n) is 1.28. The monoisotopic (exact) mass is 234 g/mol. The molecule has 0 atom stereocenters. The molecule has 0 spiro atoms. The van der Waals surface area contributed by atoms with E-state index in [1.165, 1.54) is 0 Å². The molecular weight excluding hydrogens is 216 g/mol. The number of aromatic nitrogens is 2. The van der Waals surface area contributed by atoms with Crippen LogP contribution in [0.3, 0.4) is 0 Å². The summed E-state index contributed by atoms with van der Waals surface area (Å²) in [4.78, 5) is 20.0. The van der Waals surface area contributed by atoms with Gasteiger partial charge < -0.3 is 10.6 Å². The van der Waals surface area contributed by atoms with Gasteiger partial charge in [-0.05, 0) is 13.3 Å². The molecule has 0 unspecified atom stereocenters. The maximum absolute atomic E-state index is 11.7. The molecule has 1 aromatic heterocycles. The number of amides is 1. The molecule has 0 aromatic carbocycles. The van der Waals surface area contributed by atoms with Crippen LogP contribution in [0, 0.1) is 6.92 Å². The van der Waals surface area contributed by atoms with E-state index >= 15 is 0 Å². The highest BCUT2D eigenvalue weighted by molar-refractivity contribution is 5.93. The zero-order chi connectivity index (χ0) is 12.7. The second-order valence-corrected chi connectivity index (χ2v) is 3.61. The molecule has 0 bridgehead atoms. The van der Waals surface area contributed by atoms with E-state index in [-0.39, 0.29) is 5.91 Å². The Morgan fingerprint density at radius 3 is 2.94 bits per heavy atom. The van der Waals surface area contributed by atoms with Gasteiger partial charge in [0, 0.05) is 19.2 Å². The summed E-state index contributed by atoms with van der Waals surface area (Å²) in [6.45, 7) is 8.63. The van der Waals surface area contributed by atoms with E-state index in [4.69, 9.17) is 0 Å². The topological polar surface area (TPSA) is 66.9 Å². The standard InChI is InChI=1S/C12H18N4O/c1-4-6-13-11-8-10(15-9(3)16-11)12(17)14-7-5-2/h5,8H,2,4,6-7H2,1,3H3,(H,14,17)(H,13,15,16). The van der Waals surface area contributed by atoms with Crippen LogP contribution < -0.4 is 10.6 Å². The Bertz CT molecular complexity index is 403. The summed E-state index contributed by atoms with van der Waals surface area (Å²) in [5.41, 5.74) is 0.373. The summed E-state index contributed by atoms with van der Waals surface area (Å²) in [5.74, 6) is 1.05. The van der Waals surface area contributed by atoms with Crippen LogP contribution in [0.2, 0.25) is 0 Å². The van der Waals surface area contributed by atoms with E-state index in [1.807, 2.05) is 0 Å². The molecule has 0 radical (unpaired) electrons. The van der Waals surface area contributed by atoms with Gasteiger partial charge in [0.05, 0.1) is 0 Å². The summed E-state index contributed by atoms with van der Waals surface area (Å²) < 4.78 is 0. The molecule has 1 heterocycles. The molecule has 92 valence electrons. The van der Waals surface area contributed by atoms with Crippen molar-refractivity contribution >= 4 is 11.7 Å². The van der Waals surface area contributed by atoms with E-state index < -0.39 is 0 Å². The second kappa shape index (κ2) is 6.62. The van der Waals surface area contributed by atoms with Crippen LogP contribution in [-0.2, 0) is 0 Å². The Balaban J connectivity index is 2.80. The first-order valence-corrected chi connectivity index (χ1v) is 5.66. The van der Waals surface area contributed by atoms with Crippen molar-refractivity contribution in [3.05, 3.63) is 30.2 Å². The minimum Gasteiger partial charge on any atom is -0.370 e. The number of aryl methyl sites for hydroxylation is 1. The fraction of sp³-hybridized carbons (Fsp3) is 0.417. The number of carbonyl (C=O) groups excluding carboxylic acids is 1. The van der Waals surface area contributed by atoms with Crippen LogP contribution in [0.5, 0.6) is 0 Å². The van der Waals surface area contributed by atoms with Crippen LogP contribution in [0.1, 0.15) is 29.7 Å². The minimum atomic E-state index is -0.213. The van der Waals surface area contributed by atoms with Gasteiger partial charge in [-0.25, -0.2) is 9.97 Å². The molecule has 1 rings (SSSR count). The van der Waals surface area contributed by atoms with Gasteiger partial charge in [0.15, 0.2) is 0 Å². The molecule has 0 fully saturated rings. The van der Waals surface area contributed by atoms with E-state index in [2.05, 4.69) is 34.1 Å². The summed E-state index contributed by atoms with van der Waals surface area (Å²) in [6.07, 6.45) is 2.63. The summed E-state index contributed by atoms with van der Waals surface area (Å²) in [6, 6.07) is 1.65. The van der Waals surface area contributed by atoms with Crippen molar-refractivity contribution in [2.45, 2.75) is 20.3 Å². The molecule has 1 amide bonds. The maximum Gasteiger partial charge on any atom is 0.270 e. The Hall–Kier alpha value is -1.91. The van der Waals surface area contributed by atoms with Crippen molar-refractivity contribution in [1.29, 1.82) is 0 Å². The molecule has 0 saturated heterocycles. The molecule has 17 heavy (non-hydrogen) atoms. The molecule has 0 aliphatic rings. The first-order valence-electron chi connectivity index (χ1n) is 5.66. The highest BCUT2D eigenvalue weighted by Gasteiger charge is 2.08. The molecule has 5 nitrogen and oxygen atoms in total. The van der Waals surface area contributed by atoms with E-state index in [0.29, 0.717) is 23.9 Å². The van der Waals surface area contributed by atoms with Crippen molar-refractivity contribution in [2.24, 2.45) is 0 Å². The van der Waals surface area contributed by atoms with E-state index in [9.17, 15) is 4.79 Å². The maximum atomic E-state index is 11.7. The third kappa shape index (κ3) is 4.22. The van der Waals surface area contributed by atoms with Crippen LogP contribution in [0.25, 0.3) is 0 Å². The van der Waals surface area contributed by atoms with Gasteiger partial charge >= 0.3 is 0 Å². The number of hydrogen-bond acceptors (Lipinski definition) is 4. The third-order valence-corrected chi connectivity index (χ3v) is 2.03. The predicted octanol–water partition coefficient (Wildman–Crippen LogP) is 1.52. The zero-order valence-corrected chi connectivity index (χ0v) is 10.3. The van der Waals surface area contributed by atoms with Gasteiger partial charge in [0.2, 0.25) is 0 Å². The highest BCUT2D eigenvalue weighted by Crippen LogP contribution is 2.06. The van der Waals surface area contributed by atoms with Crippen LogP contribution in [-0.4, -0.2) is 29.0 Å². The first kappa shape index (κ1) is 13.2. The summed E-state index contributed by atoms with van der Waals surface area (Å²) in [7, 11) is 0. The Morgan fingerprint density at radius 2 is 2.29 bits per heavy atom. The van der Waals surface area contributed by atoms with Crippen LogP contribution in [0.4, 0.5) is 5.82 Å². The quantitative estimate of drug-likeness (QED) is 0.732. The Labute approximate surface area is 101 Å². The van der Waals surface area contributed by atoms with Gasteiger partial charge in [-0.15, -0.1) is 6.58 Å². The fourth-order valence-corrected chi connectivity index (χ4v) is 1.28. The lowest BCUT2D eigenvalue weighted by Gasteiger charge is -2.07. The van der Waals surface area contributed by atoms with Crippen LogP contribution in [0.15, 0.2) is 18.7 Å². The first-order chi connectivity index (χ1) is 8.17. The number of carbonyl (C=O) groups is 1. The SMILES string of the molecule is C=CCNC(=O)c1cc(NCCC)nc(C)n1. The van der Waals surface area contributed by atoms with Crippen molar-refractivity contribution in [3.63, 3.8) is 0 Å². The third-order valence-electron chi connectivity index (χ3n) is 2.03. The molecule has 0 saturated carbocycles. The van der Waals surface area contributed by atoms with Gasteiger partial charge in [0.1, 0.15) is 17.3 Å². The number of hydrogen-bond donors (Lipinski definition) is 2. The molecule has 5 heteroatoms. The Morgan fingerprint density at radius 1 is 1.53 bits per heavy atom. The van der Waals surface area contributed by atoms with E-state index in [0.717, 1.165) is 13.0 Å². The van der Waals surface area contributed by atoms with Gasteiger partial charge in [-0.1, -0.05) is 13.0 Å². The van der Waals surface area contributed by atoms with Gasteiger partial charge in [0.25, 0.3) is 5.91 Å². The van der Waals surface area contributed by atoms with Crippen LogP contribution >= 0.6 is 0 Å². The number of nitrogens with one attached hydrogen (secondary N) is 2. The number of rotatable bonds is 6. The van der Waals surface area contributed by atoms with E-state index in [1.54, 1.807) is 19.1 Å². The van der Waals surface area contributed by atoms with Crippen molar-refractivity contribution in [2.75, 3.05) is 18.4 Å². The van der Waals surface area contributed by atoms with Crippen molar-refractivity contribution in [1.82, 2.24) is 15.3 Å². The molecule has 2 N–H and O–H groups in total. The number of nitrogens with zero attached hydrogens (tertiary/aromatic N) is 2. The predicted molar refractivity (Wildman–Crippen MR) is 68.1 cm³/mol. The molecular formula is C12H18N4O.